The third-order valence-electron chi connectivity index (χ3n) is 2.92. The van der Waals surface area contributed by atoms with E-state index in [1.165, 1.54) is 0 Å². The first-order valence-electron chi connectivity index (χ1n) is 6.62. The van der Waals surface area contributed by atoms with Crippen molar-refractivity contribution >= 4 is 12.4 Å². The van der Waals surface area contributed by atoms with Crippen LogP contribution in [-0.4, -0.2) is 34.3 Å². The van der Waals surface area contributed by atoms with Gasteiger partial charge in [-0.1, -0.05) is 0 Å². The Hall–Kier alpha value is -1.85. The number of nitrogens with zero attached hydrogens (tertiary/aromatic N) is 2. The van der Waals surface area contributed by atoms with E-state index in [1.54, 1.807) is 31.6 Å². The molecule has 0 saturated carbocycles. The number of aryl methyl sites for hydroxylation is 1. The highest BCUT2D eigenvalue weighted by atomic mass is 16.6. The van der Waals surface area contributed by atoms with Gasteiger partial charge in [0, 0.05) is 25.2 Å². The summed E-state index contributed by atoms with van der Waals surface area (Å²) in [5, 5.41) is 6.75. The minimum atomic E-state index is -0.541. The molecule has 112 valence electrons. The number of carbonyl (C=O) groups excluding carboxylic acids is 2. The number of hydrogen-bond donors (Lipinski definition) is 1. The van der Waals surface area contributed by atoms with Crippen LogP contribution in [0.1, 0.15) is 32.0 Å². The molecule has 0 aliphatic heterocycles. The SMILES string of the molecule is Cc1c(C[C@H](C=O)CNC(=O)OC(C)(C)C)cnn1C. The molecule has 0 aliphatic rings. The highest BCUT2D eigenvalue weighted by Crippen LogP contribution is 2.11. The van der Waals surface area contributed by atoms with Crippen LogP contribution in [0.4, 0.5) is 4.79 Å². The molecule has 1 rings (SSSR count). The largest absolute Gasteiger partial charge is 0.444 e. The van der Waals surface area contributed by atoms with Gasteiger partial charge in [-0.2, -0.15) is 5.10 Å². The Morgan fingerprint density at radius 2 is 2.20 bits per heavy atom. The predicted molar refractivity (Wildman–Crippen MR) is 75.4 cm³/mol. The third kappa shape index (κ3) is 5.03. The van der Waals surface area contributed by atoms with Gasteiger partial charge in [-0.25, -0.2) is 4.79 Å². The van der Waals surface area contributed by atoms with Gasteiger partial charge in [0.1, 0.15) is 11.9 Å². The number of hydrogen-bond acceptors (Lipinski definition) is 4. The Morgan fingerprint density at radius 3 is 2.65 bits per heavy atom. The minimum absolute atomic E-state index is 0.257. The van der Waals surface area contributed by atoms with E-state index in [2.05, 4.69) is 10.4 Å². The Balaban J connectivity index is 2.50. The number of ether oxygens (including phenoxy) is 1. The molecule has 0 bridgehead atoms. The van der Waals surface area contributed by atoms with Crippen molar-refractivity contribution in [3.63, 3.8) is 0 Å². The van der Waals surface area contributed by atoms with Gasteiger partial charge in [-0.05, 0) is 39.7 Å². The summed E-state index contributed by atoms with van der Waals surface area (Å²) >= 11 is 0. The van der Waals surface area contributed by atoms with E-state index in [-0.39, 0.29) is 12.5 Å². The fourth-order valence-corrected chi connectivity index (χ4v) is 1.72. The number of aromatic nitrogens is 2. The molecule has 0 spiro atoms. The van der Waals surface area contributed by atoms with Crippen LogP contribution < -0.4 is 5.32 Å². The lowest BCUT2D eigenvalue weighted by molar-refractivity contribution is -0.110. The molecule has 1 aromatic rings. The molecule has 1 N–H and O–H groups in total. The van der Waals surface area contributed by atoms with Gasteiger partial charge >= 0.3 is 6.09 Å². The second kappa shape index (κ2) is 6.54. The van der Waals surface area contributed by atoms with Crippen LogP contribution in [-0.2, 0) is 23.0 Å². The molecule has 6 heteroatoms. The smallest absolute Gasteiger partial charge is 0.407 e. The Bertz CT molecular complexity index is 474. The van der Waals surface area contributed by atoms with Gasteiger partial charge in [0.25, 0.3) is 0 Å². The summed E-state index contributed by atoms with van der Waals surface area (Å²) in [6.07, 6.45) is 2.65. The lowest BCUT2D eigenvalue weighted by atomic mass is 10.0. The molecule has 20 heavy (non-hydrogen) atoms. The van der Waals surface area contributed by atoms with E-state index >= 15 is 0 Å². The van der Waals surface area contributed by atoms with Crippen molar-refractivity contribution in [2.24, 2.45) is 13.0 Å². The van der Waals surface area contributed by atoms with E-state index in [9.17, 15) is 9.59 Å². The van der Waals surface area contributed by atoms with Crippen molar-refractivity contribution in [3.05, 3.63) is 17.5 Å². The molecule has 1 atom stereocenters. The Labute approximate surface area is 119 Å². The summed E-state index contributed by atoms with van der Waals surface area (Å²) < 4.78 is 6.89. The molecule has 1 amide bonds. The van der Waals surface area contributed by atoms with Crippen molar-refractivity contribution in [1.82, 2.24) is 15.1 Å². The summed E-state index contributed by atoms with van der Waals surface area (Å²) in [5.41, 5.74) is 1.49. The number of nitrogens with one attached hydrogen (secondary N) is 1. The van der Waals surface area contributed by atoms with E-state index < -0.39 is 11.7 Å². The zero-order valence-corrected chi connectivity index (χ0v) is 12.8. The van der Waals surface area contributed by atoms with Crippen LogP contribution in [0.3, 0.4) is 0 Å². The van der Waals surface area contributed by atoms with Crippen molar-refractivity contribution in [2.75, 3.05) is 6.54 Å². The predicted octanol–water partition coefficient (Wildman–Crippen LogP) is 1.61. The Kier molecular flexibility index (Phi) is 5.30. The quantitative estimate of drug-likeness (QED) is 0.832. The zero-order chi connectivity index (χ0) is 15.3. The zero-order valence-electron chi connectivity index (χ0n) is 12.8. The highest BCUT2D eigenvalue weighted by Gasteiger charge is 2.18. The second-order valence-electron chi connectivity index (χ2n) is 5.86. The van der Waals surface area contributed by atoms with Gasteiger partial charge in [0.15, 0.2) is 0 Å². The number of carbonyl (C=O) groups is 2. The van der Waals surface area contributed by atoms with Gasteiger partial charge in [-0.3, -0.25) is 4.68 Å². The van der Waals surface area contributed by atoms with E-state index in [0.29, 0.717) is 6.42 Å². The van der Waals surface area contributed by atoms with Crippen LogP contribution in [0.15, 0.2) is 6.20 Å². The molecule has 0 saturated heterocycles. The van der Waals surface area contributed by atoms with E-state index in [1.807, 2.05) is 14.0 Å². The molecular formula is C14H23N3O3. The van der Waals surface area contributed by atoms with Crippen molar-refractivity contribution in [2.45, 2.75) is 39.7 Å². The maximum absolute atomic E-state index is 11.5. The van der Waals surface area contributed by atoms with Crippen molar-refractivity contribution in [3.8, 4) is 0 Å². The lowest BCUT2D eigenvalue weighted by Crippen LogP contribution is -2.36. The van der Waals surface area contributed by atoms with E-state index in [0.717, 1.165) is 17.5 Å². The first-order chi connectivity index (χ1) is 9.23. The monoisotopic (exact) mass is 281 g/mol. The van der Waals surface area contributed by atoms with Crippen LogP contribution in [0.25, 0.3) is 0 Å². The molecule has 0 fully saturated rings. The number of rotatable bonds is 5. The first kappa shape index (κ1) is 16.2. The average Bonchev–Trinajstić information content (AvgIpc) is 2.63. The summed E-state index contributed by atoms with van der Waals surface area (Å²) in [6, 6.07) is 0. The maximum atomic E-state index is 11.5. The van der Waals surface area contributed by atoms with Crippen molar-refractivity contribution in [1.29, 1.82) is 0 Å². The number of amides is 1. The molecule has 0 aliphatic carbocycles. The van der Waals surface area contributed by atoms with Crippen LogP contribution >= 0.6 is 0 Å². The molecule has 1 aromatic heterocycles. The summed E-state index contributed by atoms with van der Waals surface area (Å²) in [7, 11) is 1.85. The maximum Gasteiger partial charge on any atom is 0.407 e. The molecule has 0 unspecified atom stereocenters. The summed E-state index contributed by atoms with van der Waals surface area (Å²) in [5.74, 6) is -0.287. The normalized spacial score (nSPS) is 12.8. The first-order valence-corrected chi connectivity index (χ1v) is 6.62. The molecule has 1 heterocycles. The molecule has 0 aromatic carbocycles. The Morgan fingerprint density at radius 1 is 1.55 bits per heavy atom. The molecular weight excluding hydrogens is 258 g/mol. The van der Waals surface area contributed by atoms with Gasteiger partial charge in [0.05, 0.1) is 6.20 Å². The van der Waals surface area contributed by atoms with Crippen LogP contribution in [0.5, 0.6) is 0 Å². The molecule has 6 nitrogen and oxygen atoms in total. The van der Waals surface area contributed by atoms with Crippen LogP contribution in [0, 0.1) is 12.8 Å². The van der Waals surface area contributed by atoms with E-state index in [4.69, 9.17) is 4.74 Å². The summed E-state index contributed by atoms with van der Waals surface area (Å²) in [6.45, 7) is 7.59. The number of aldehydes is 1. The van der Waals surface area contributed by atoms with Crippen LogP contribution in [0.2, 0.25) is 0 Å². The van der Waals surface area contributed by atoms with Crippen molar-refractivity contribution < 1.29 is 14.3 Å². The average molecular weight is 281 g/mol. The lowest BCUT2D eigenvalue weighted by Gasteiger charge is -2.20. The van der Waals surface area contributed by atoms with Gasteiger partial charge in [0.2, 0.25) is 0 Å². The highest BCUT2D eigenvalue weighted by molar-refractivity contribution is 5.68. The molecule has 0 radical (unpaired) electrons. The standard InChI is InChI=1S/C14H23N3O3/c1-10-12(8-16-17(10)5)6-11(9-18)7-15-13(19)20-14(2,3)4/h8-9,11H,6-7H2,1-5H3,(H,15,19)/t11-/m0/s1. The van der Waals surface area contributed by atoms with Gasteiger partial charge < -0.3 is 14.8 Å². The third-order valence-corrected chi connectivity index (χ3v) is 2.92. The fourth-order valence-electron chi connectivity index (χ4n) is 1.72. The summed E-state index contributed by atoms with van der Waals surface area (Å²) in [4.78, 5) is 22.6. The topological polar surface area (TPSA) is 73.2 Å². The van der Waals surface area contributed by atoms with Gasteiger partial charge in [-0.15, -0.1) is 0 Å². The number of alkyl carbamates (subject to hydrolysis) is 1. The minimum Gasteiger partial charge on any atom is -0.444 e. The fraction of sp³-hybridized carbons (Fsp3) is 0.643. The second-order valence-corrected chi connectivity index (χ2v) is 5.86.